The van der Waals surface area contributed by atoms with Gasteiger partial charge >= 0.3 is 5.97 Å². The lowest BCUT2D eigenvalue weighted by Gasteiger charge is -2.11. The largest absolute Gasteiger partial charge is 0.481 e. The molecule has 4 nitrogen and oxygen atoms in total. The summed E-state index contributed by atoms with van der Waals surface area (Å²) in [5.74, 6) is -2.89. The van der Waals surface area contributed by atoms with Gasteiger partial charge in [0.1, 0.15) is 0 Å². The molecular weight excluding hydrogens is 218 g/mol. The quantitative estimate of drug-likeness (QED) is 0.710. The van der Waals surface area contributed by atoms with Gasteiger partial charge in [0.15, 0.2) is 11.6 Å². The molecule has 1 rings (SSSR count). The predicted octanol–water partition coefficient (Wildman–Crippen LogP) is 1.18. The van der Waals surface area contributed by atoms with E-state index in [1.807, 2.05) is 0 Å². The zero-order chi connectivity index (χ0) is 12.1. The third-order valence-electron chi connectivity index (χ3n) is 1.92. The zero-order valence-corrected chi connectivity index (χ0v) is 8.41. The van der Waals surface area contributed by atoms with E-state index in [-0.39, 0.29) is 13.0 Å². The number of anilines is 1. The molecule has 0 amide bonds. The third kappa shape index (κ3) is 3.82. The van der Waals surface area contributed by atoms with Crippen LogP contribution in [0.1, 0.15) is 6.42 Å². The standard InChI is InChI=1S/C10H12F2N2O2/c11-8-2-1-7(4-9(8)12)14-5-6(13)3-10(15)16/h1-2,4,6,14H,3,5,13H2,(H,15,16). The van der Waals surface area contributed by atoms with Gasteiger partial charge in [0, 0.05) is 18.3 Å². The monoisotopic (exact) mass is 230 g/mol. The molecule has 0 aliphatic heterocycles. The molecule has 0 aliphatic carbocycles. The third-order valence-corrected chi connectivity index (χ3v) is 1.92. The average molecular weight is 230 g/mol. The minimum Gasteiger partial charge on any atom is -0.481 e. The summed E-state index contributed by atoms with van der Waals surface area (Å²) in [7, 11) is 0. The second kappa shape index (κ2) is 5.41. The Morgan fingerprint density at radius 1 is 1.44 bits per heavy atom. The summed E-state index contributed by atoms with van der Waals surface area (Å²) >= 11 is 0. The van der Waals surface area contributed by atoms with Crippen molar-refractivity contribution in [2.75, 3.05) is 11.9 Å². The number of carboxylic acids is 1. The van der Waals surface area contributed by atoms with E-state index in [1.54, 1.807) is 0 Å². The molecule has 0 radical (unpaired) electrons. The first-order chi connectivity index (χ1) is 7.49. The Balaban J connectivity index is 2.48. The molecule has 0 saturated heterocycles. The molecule has 0 bridgehead atoms. The molecule has 0 spiro atoms. The molecule has 16 heavy (non-hydrogen) atoms. The van der Waals surface area contributed by atoms with Gasteiger partial charge in [0.05, 0.1) is 6.42 Å². The van der Waals surface area contributed by atoms with Gasteiger partial charge in [-0.3, -0.25) is 4.79 Å². The average Bonchev–Trinajstić information content (AvgIpc) is 2.19. The van der Waals surface area contributed by atoms with Crippen LogP contribution in [0.15, 0.2) is 18.2 Å². The van der Waals surface area contributed by atoms with E-state index >= 15 is 0 Å². The Kier molecular flexibility index (Phi) is 4.19. The van der Waals surface area contributed by atoms with Crippen LogP contribution in [0.5, 0.6) is 0 Å². The molecule has 4 N–H and O–H groups in total. The molecule has 1 atom stereocenters. The fourth-order valence-electron chi connectivity index (χ4n) is 1.15. The first-order valence-electron chi connectivity index (χ1n) is 4.65. The smallest absolute Gasteiger partial charge is 0.304 e. The van der Waals surface area contributed by atoms with Crippen LogP contribution < -0.4 is 11.1 Å². The molecule has 0 saturated carbocycles. The summed E-state index contributed by atoms with van der Waals surface area (Å²) in [6, 6.07) is 2.75. The molecule has 1 aromatic carbocycles. The van der Waals surface area contributed by atoms with E-state index in [1.165, 1.54) is 6.07 Å². The number of carboxylic acid groups (broad SMARTS) is 1. The number of nitrogens with two attached hydrogens (primary N) is 1. The fraction of sp³-hybridized carbons (Fsp3) is 0.300. The van der Waals surface area contributed by atoms with Crippen molar-refractivity contribution in [3.05, 3.63) is 29.8 Å². The second-order valence-corrected chi connectivity index (χ2v) is 3.37. The Hall–Kier alpha value is -1.69. The number of nitrogens with one attached hydrogen (secondary N) is 1. The van der Waals surface area contributed by atoms with Gasteiger partial charge in [0.2, 0.25) is 0 Å². The van der Waals surface area contributed by atoms with Gasteiger partial charge in [-0.2, -0.15) is 0 Å². The highest BCUT2D eigenvalue weighted by atomic mass is 19.2. The Labute approximate surface area is 91.1 Å². The second-order valence-electron chi connectivity index (χ2n) is 3.37. The van der Waals surface area contributed by atoms with Crippen molar-refractivity contribution in [2.24, 2.45) is 5.73 Å². The van der Waals surface area contributed by atoms with Gasteiger partial charge < -0.3 is 16.2 Å². The van der Waals surface area contributed by atoms with Crippen molar-refractivity contribution in [2.45, 2.75) is 12.5 Å². The lowest BCUT2D eigenvalue weighted by molar-refractivity contribution is -0.137. The highest BCUT2D eigenvalue weighted by molar-refractivity contribution is 5.67. The summed E-state index contributed by atoms with van der Waals surface area (Å²) < 4.78 is 25.3. The molecule has 0 aliphatic rings. The maximum atomic E-state index is 12.8. The van der Waals surface area contributed by atoms with Gasteiger partial charge in [-0.25, -0.2) is 8.78 Å². The van der Waals surface area contributed by atoms with Crippen LogP contribution in [0.4, 0.5) is 14.5 Å². The van der Waals surface area contributed by atoms with Crippen LogP contribution in [0, 0.1) is 11.6 Å². The van der Waals surface area contributed by atoms with E-state index in [0.717, 1.165) is 12.1 Å². The van der Waals surface area contributed by atoms with Gasteiger partial charge in [-0.15, -0.1) is 0 Å². The van der Waals surface area contributed by atoms with Gasteiger partial charge in [0.25, 0.3) is 0 Å². The van der Waals surface area contributed by atoms with Crippen LogP contribution in [0.2, 0.25) is 0 Å². The van der Waals surface area contributed by atoms with E-state index in [9.17, 15) is 13.6 Å². The summed E-state index contributed by atoms with van der Waals surface area (Å²) in [5, 5.41) is 11.2. The van der Waals surface area contributed by atoms with Crippen LogP contribution in [-0.4, -0.2) is 23.7 Å². The van der Waals surface area contributed by atoms with Crippen LogP contribution in [0.3, 0.4) is 0 Å². The van der Waals surface area contributed by atoms with Crippen molar-refractivity contribution in [3.8, 4) is 0 Å². The summed E-state index contributed by atoms with van der Waals surface area (Å²) in [6.07, 6.45) is -0.184. The molecule has 0 heterocycles. The topological polar surface area (TPSA) is 75.3 Å². The molecule has 0 aromatic heterocycles. The van der Waals surface area contributed by atoms with Crippen LogP contribution in [0.25, 0.3) is 0 Å². The van der Waals surface area contributed by atoms with Crippen LogP contribution >= 0.6 is 0 Å². The number of halogens is 2. The van der Waals surface area contributed by atoms with Gasteiger partial charge in [-0.05, 0) is 18.2 Å². The van der Waals surface area contributed by atoms with Crippen molar-refractivity contribution in [1.29, 1.82) is 0 Å². The molecule has 6 heteroatoms. The molecular formula is C10H12F2N2O2. The number of aliphatic carboxylic acids is 1. The molecule has 1 unspecified atom stereocenters. The van der Waals surface area contributed by atoms with E-state index in [4.69, 9.17) is 10.8 Å². The first kappa shape index (κ1) is 12.4. The Morgan fingerprint density at radius 3 is 2.69 bits per heavy atom. The number of hydrogen-bond donors (Lipinski definition) is 3. The van der Waals surface area contributed by atoms with Gasteiger partial charge in [-0.1, -0.05) is 0 Å². The maximum absolute atomic E-state index is 12.8. The SMILES string of the molecule is NC(CNc1ccc(F)c(F)c1)CC(=O)O. The fourth-order valence-corrected chi connectivity index (χ4v) is 1.15. The first-order valence-corrected chi connectivity index (χ1v) is 4.65. The van der Waals surface area contributed by atoms with E-state index in [0.29, 0.717) is 5.69 Å². The predicted molar refractivity (Wildman–Crippen MR) is 55.1 cm³/mol. The summed E-state index contributed by atoms with van der Waals surface area (Å²) in [6.45, 7) is 0.178. The van der Waals surface area contributed by atoms with Crippen molar-refractivity contribution >= 4 is 11.7 Å². The molecule has 1 aromatic rings. The van der Waals surface area contributed by atoms with Crippen LogP contribution in [-0.2, 0) is 4.79 Å². The lowest BCUT2D eigenvalue weighted by atomic mass is 10.2. The number of benzene rings is 1. The van der Waals surface area contributed by atoms with E-state index < -0.39 is 23.6 Å². The Bertz CT molecular complexity index is 385. The normalized spacial score (nSPS) is 12.2. The minimum absolute atomic E-state index is 0.178. The van der Waals surface area contributed by atoms with Crippen molar-refractivity contribution in [3.63, 3.8) is 0 Å². The van der Waals surface area contributed by atoms with E-state index in [2.05, 4.69) is 5.32 Å². The zero-order valence-electron chi connectivity index (χ0n) is 8.41. The highest BCUT2D eigenvalue weighted by Crippen LogP contribution is 2.12. The number of hydrogen-bond acceptors (Lipinski definition) is 3. The lowest BCUT2D eigenvalue weighted by Crippen LogP contribution is -2.31. The summed E-state index contributed by atoms with van der Waals surface area (Å²) in [5.41, 5.74) is 5.84. The highest BCUT2D eigenvalue weighted by Gasteiger charge is 2.08. The molecule has 0 fully saturated rings. The maximum Gasteiger partial charge on any atom is 0.304 e. The summed E-state index contributed by atoms with van der Waals surface area (Å²) in [4.78, 5) is 10.3. The molecule has 88 valence electrons. The van der Waals surface area contributed by atoms with Crippen molar-refractivity contribution in [1.82, 2.24) is 0 Å². The number of carbonyl (C=O) groups is 1. The minimum atomic E-state index is -1.00. The van der Waals surface area contributed by atoms with Crippen molar-refractivity contribution < 1.29 is 18.7 Å². The number of rotatable bonds is 5. The Morgan fingerprint density at radius 2 is 2.12 bits per heavy atom.